The zero-order valence-corrected chi connectivity index (χ0v) is 15.2. The van der Waals surface area contributed by atoms with Crippen LogP contribution in [0, 0.1) is 0 Å². The molecule has 2 aliphatic rings. The molecule has 1 aromatic carbocycles. The van der Waals surface area contributed by atoms with Crippen molar-refractivity contribution in [2.75, 3.05) is 49.1 Å². The lowest BCUT2D eigenvalue weighted by atomic mass is 10.1. The van der Waals surface area contributed by atoms with Gasteiger partial charge in [0, 0.05) is 56.2 Å². The van der Waals surface area contributed by atoms with Crippen molar-refractivity contribution >= 4 is 17.4 Å². The first kappa shape index (κ1) is 16.9. The second-order valence-corrected chi connectivity index (χ2v) is 7.86. The monoisotopic (exact) mass is 330 g/mol. The number of hydrogen-bond donors (Lipinski definition) is 1. The summed E-state index contributed by atoms with van der Waals surface area (Å²) in [6, 6.07) is 8.96. The van der Waals surface area contributed by atoms with Crippen LogP contribution >= 0.6 is 0 Å². The average molecular weight is 330 g/mol. The molecule has 0 spiro atoms. The average Bonchev–Trinajstić information content (AvgIpc) is 3.08. The summed E-state index contributed by atoms with van der Waals surface area (Å²) < 4.78 is 0. The standard InChI is InChI=1S/C19H30N4O/c1-19(2,3)20-18(24)23-14-12-22(13-15-23)17-8-6-16(7-9-17)21-10-4-5-11-21/h6-9H,4-5,10-15H2,1-3H3,(H,20,24). The molecule has 2 amide bonds. The number of carbonyl (C=O) groups is 1. The predicted octanol–water partition coefficient (Wildman–Crippen LogP) is 2.92. The number of hydrogen-bond acceptors (Lipinski definition) is 3. The van der Waals surface area contributed by atoms with Crippen LogP contribution in [0.15, 0.2) is 24.3 Å². The summed E-state index contributed by atoms with van der Waals surface area (Å²) in [5.41, 5.74) is 2.41. The molecule has 0 unspecified atom stereocenters. The third-order valence-electron chi connectivity index (χ3n) is 4.73. The van der Waals surface area contributed by atoms with Crippen LogP contribution in [0.2, 0.25) is 0 Å². The van der Waals surface area contributed by atoms with Crippen molar-refractivity contribution in [1.82, 2.24) is 10.2 Å². The van der Waals surface area contributed by atoms with E-state index in [4.69, 9.17) is 0 Å². The third-order valence-corrected chi connectivity index (χ3v) is 4.73. The molecule has 3 rings (SSSR count). The Morgan fingerprint density at radius 2 is 1.29 bits per heavy atom. The summed E-state index contributed by atoms with van der Waals surface area (Å²) in [4.78, 5) is 19.0. The maximum absolute atomic E-state index is 12.2. The van der Waals surface area contributed by atoms with Crippen LogP contribution in [0.5, 0.6) is 0 Å². The van der Waals surface area contributed by atoms with Crippen molar-refractivity contribution in [2.45, 2.75) is 39.2 Å². The van der Waals surface area contributed by atoms with E-state index in [1.165, 1.54) is 37.3 Å². The predicted molar refractivity (Wildman–Crippen MR) is 100.0 cm³/mol. The van der Waals surface area contributed by atoms with Crippen LogP contribution in [-0.4, -0.2) is 55.7 Å². The molecule has 2 saturated heterocycles. The minimum absolute atomic E-state index is 0.0477. The first-order chi connectivity index (χ1) is 11.4. The molecule has 2 fully saturated rings. The van der Waals surface area contributed by atoms with Gasteiger partial charge >= 0.3 is 6.03 Å². The first-order valence-corrected chi connectivity index (χ1v) is 9.09. The van der Waals surface area contributed by atoms with Gasteiger partial charge in [-0.15, -0.1) is 0 Å². The summed E-state index contributed by atoms with van der Waals surface area (Å²) in [5.74, 6) is 0. The van der Waals surface area contributed by atoms with Crippen LogP contribution in [-0.2, 0) is 0 Å². The Hall–Kier alpha value is -1.91. The highest BCUT2D eigenvalue weighted by molar-refractivity contribution is 5.75. The molecule has 1 aromatic rings. The highest BCUT2D eigenvalue weighted by Gasteiger charge is 2.24. The molecular weight excluding hydrogens is 300 g/mol. The molecule has 132 valence electrons. The molecule has 5 nitrogen and oxygen atoms in total. The van der Waals surface area contributed by atoms with Crippen LogP contribution in [0.3, 0.4) is 0 Å². The second kappa shape index (κ2) is 6.91. The summed E-state index contributed by atoms with van der Waals surface area (Å²) in [7, 11) is 0. The Labute approximate surface area is 145 Å². The van der Waals surface area contributed by atoms with E-state index in [0.29, 0.717) is 0 Å². The highest BCUT2D eigenvalue weighted by atomic mass is 16.2. The van der Waals surface area contributed by atoms with E-state index in [-0.39, 0.29) is 11.6 Å². The number of urea groups is 1. The molecular formula is C19H30N4O. The topological polar surface area (TPSA) is 38.8 Å². The van der Waals surface area contributed by atoms with Gasteiger partial charge in [-0.05, 0) is 57.9 Å². The SMILES string of the molecule is CC(C)(C)NC(=O)N1CCN(c2ccc(N3CCCC3)cc2)CC1. The van der Waals surface area contributed by atoms with Gasteiger partial charge in [0.05, 0.1) is 0 Å². The Balaban J connectivity index is 1.53. The van der Waals surface area contributed by atoms with Crippen LogP contribution < -0.4 is 15.1 Å². The van der Waals surface area contributed by atoms with Crippen LogP contribution in [0.4, 0.5) is 16.2 Å². The third kappa shape index (κ3) is 4.13. The van der Waals surface area contributed by atoms with Crippen molar-refractivity contribution in [3.63, 3.8) is 0 Å². The number of anilines is 2. The fourth-order valence-electron chi connectivity index (χ4n) is 3.42. The maximum Gasteiger partial charge on any atom is 0.317 e. The maximum atomic E-state index is 12.2. The number of rotatable bonds is 2. The summed E-state index contributed by atoms with van der Waals surface area (Å²) >= 11 is 0. The van der Waals surface area contributed by atoms with E-state index in [2.05, 4.69) is 39.4 Å². The van der Waals surface area contributed by atoms with E-state index in [1.54, 1.807) is 0 Å². The van der Waals surface area contributed by atoms with Crippen molar-refractivity contribution in [1.29, 1.82) is 0 Å². The lowest BCUT2D eigenvalue weighted by Crippen LogP contribution is -2.55. The van der Waals surface area contributed by atoms with E-state index >= 15 is 0 Å². The minimum Gasteiger partial charge on any atom is -0.372 e. The fraction of sp³-hybridized carbons (Fsp3) is 0.632. The number of piperazine rings is 1. The summed E-state index contributed by atoms with van der Waals surface area (Å²) in [6.45, 7) is 11.7. The Kier molecular flexibility index (Phi) is 4.88. The highest BCUT2D eigenvalue weighted by Crippen LogP contribution is 2.24. The van der Waals surface area contributed by atoms with E-state index in [9.17, 15) is 4.79 Å². The number of amides is 2. The van der Waals surface area contributed by atoms with Gasteiger partial charge in [-0.25, -0.2) is 4.79 Å². The van der Waals surface area contributed by atoms with Gasteiger partial charge < -0.3 is 20.0 Å². The Morgan fingerprint density at radius 3 is 1.75 bits per heavy atom. The summed E-state index contributed by atoms with van der Waals surface area (Å²) in [6.07, 6.45) is 2.61. The van der Waals surface area contributed by atoms with Crippen molar-refractivity contribution < 1.29 is 4.79 Å². The number of nitrogens with one attached hydrogen (secondary N) is 1. The van der Waals surface area contributed by atoms with Gasteiger partial charge in [0.1, 0.15) is 0 Å². The molecule has 0 saturated carbocycles. The van der Waals surface area contributed by atoms with Gasteiger partial charge in [-0.2, -0.15) is 0 Å². The number of nitrogens with zero attached hydrogens (tertiary/aromatic N) is 3. The molecule has 2 heterocycles. The molecule has 1 N–H and O–H groups in total. The molecule has 5 heteroatoms. The smallest absolute Gasteiger partial charge is 0.317 e. The van der Waals surface area contributed by atoms with E-state index in [0.717, 1.165) is 26.2 Å². The molecule has 24 heavy (non-hydrogen) atoms. The van der Waals surface area contributed by atoms with Gasteiger partial charge in [0.25, 0.3) is 0 Å². The van der Waals surface area contributed by atoms with Crippen molar-refractivity contribution in [2.24, 2.45) is 0 Å². The molecule has 0 aromatic heterocycles. The van der Waals surface area contributed by atoms with Gasteiger partial charge in [0.15, 0.2) is 0 Å². The normalized spacial score (nSPS) is 18.9. The molecule has 0 bridgehead atoms. The van der Waals surface area contributed by atoms with Crippen molar-refractivity contribution in [3.8, 4) is 0 Å². The molecule has 0 aliphatic carbocycles. The van der Waals surface area contributed by atoms with Gasteiger partial charge in [-0.1, -0.05) is 0 Å². The van der Waals surface area contributed by atoms with Crippen LogP contribution in [0.1, 0.15) is 33.6 Å². The lowest BCUT2D eigenvalue weighted by Gasteiger charge is -2.37. The van der Waals surface area contributed by atoms with Crippen molar-refractivity contribution in [3.05, 3.63) is 24.3 Å². The lowest BCUT2D eigenvalue weighted by molar-refractivity contribution is 0.185. The zero-order valence-electron chi connectivity index (χ0n) is 15.2. The van der Waals surface area contributed by atoms with Crippen LogP contribution in [0.25, 0.3) is 0 Å². The second-order valence-electron chi connectivity index (χ2n) is 7.86. The van der Waals surface area contributed by atoms with Gasteiger partial charge in [0.2, 0.25) is 0 Å². The largest absolute Gasteiger partial charge is 0.372 e. The molecule has 0 atom stereocenters. The first-order valence-electron chi connectivity index (χ1n) is 9.09. The zero-order chi connectivity index (χ0) is 17.2. The Morgan fingerprint density at radius 1 is 0.833 bits per heavy atom. The fourth-order valence-corrected chi connectivity index (χ4v) is 3.42. The summed E-state index contributed by atoms with van der Waals surface area (Å²) in [5, 5.41) is 3.05. The van der Waals surface area contributed by atoms with E-state index in [1.807, 2.05) is 25.7 Å². The van der Waals surface area contributed by atoms with E-state index < -0.39 is 0 Å². The quantitative estimate of drug-likeness (QED) is 0.906. The molecule has 2 aliphatic heterocycles. The van der Waals surface area contributed by atoms with Gasteiger partial charge in [-0.3, -0.25) is 0 Å². The minimum atomic E-state index is -0.181. The number of carbonyl (C=O) groups excluding carboxylic acids is 1. The molecule has 0 radical (unpaired) electrons. The number of benzene rings is 1. The Bertz CT molecular complexity index is 550.